The van der Waals surface area contributed by atoms with E-state index in [0.29, 0.717) is 86.0 Å². The standard InChI is InChI=1S/C35H49N5O8S2/c1-23(41)36-27-11-9-24-21-31(46-2)33(47-3)34(48-4)32(24)25-10-12-28(30(42)22-26(25)27)37-29(13-20-49-5)35(43)38-14-8-17-40(19-18-38)50(44,45)39-15-6-7-16-39/h10,12,21-22,27,29H,6-9,11,13-20H2,1-5H3,(H,36,41)(H,37,42)/t27-,29-/m0/s1. The van der Waals surface area contributed by atoms with Gasteiger partial charge in [-0.2, -0.15) is 28.8 Å². The number of anilines is 1. The first-order valence-electron chi connectivity index (χ1n) is 17.1. The average molecular weight is 732 g/mol. The number of benzene rings is 1. The van der Waals surface area contributed by atoms with Crippen molar-refractivity contribution in [1.29, 1.82) is 0 Å². The number of carbonyl (C=O) groups is 2. The van der Waals surface area contributed by atoms with E-state index in [2.05, 4.69) is 10.6 Å². The number of amides is 2. The summed E-state index contributed by atoms with van der Waals surface area (Å²) in [5.74, 6) is 1.65. The number of carbonyl (C=O) groups excluding carboxylic acids is 2. The summed E-state index contributed by atoms with van der Waals surface area (Å²) in [7, 11) is 1.07. The number of nitrogens with zero attached hydrogens (tertiary/aromatic N) is 3. The van der Waals surface area contributed by atoms with Gasteiger partial charge in [-0.05, 0) is 85.4 Å². The summed E-state index contributed by atoms with van der Waals surface area (Å²) < 4.78 is 46.7. The molecule has 5 rings (SSSR count). The number of hydrogen-bond acceptors (Lipinski definition) is 10. The summed E-state index contributed by atoms with van der Waals surface area (Å²) in [6.45, 7) is 3.78. The van der Waals surface area contributed by atoms with Crippen LogP contribution in [0, 0.1) is 0 Å². The Morgan fingerprint density at radius 3 is 2.30 bits per heavy atom. The van der Waals surface area contributed by atoms with Crippen LogP contribution in [0.2, 0.25) is 0 Å². The molecule has 0 radical (unpaired) electrons. The van der Waals surface area contributed by atoms with Crippen LogP contribution in [0.25, 0.3) is 11.1 Å². The van der Waals surface area contributed by atoms with E-state index >= 15 is 0 Å². The van der Waals surface area contributed by atoms with Gasteiger partial charge in [0, 0.05) is 51.8 Å². The van der Waals surface area contributed by atoms with E-state index in [9.17, 15) is 22.8 Å². The van der Waals surface area contributed by atoms with E-state index in [1.165, 1.54) is 28.7 Å². The molecule has 2 saturated heterocycles. The second-order valence-electron chi connectivity index (χ2n) is 12.8. The molecule has 2 heterocycles. The van der Waals surface area contributed by atoms with Gasteiger partial charge in [-0.3, -0.25) is 14.4 Å². The molecule has 1 aliphatic carbocycles. The maximum absolute atomic E-state index is 14.1. The minimum absolute atomic E-state index is 0.174. The number of nitrogens with one attached hydrogen (secondary N) is 2. The Kier molecular flexibility index (Phi) is 12.6. The smallest absolute Gasteiger partial charge is 0.282 e. The Labute approximate surface area is 299 Å². The van der Waals surface area contributed by atoms with Crippen molar-refractivity contribution in [3.63, 3.8) is 0 Å². The van der Waals surface area contributed by atoms with E-state index < -0.39 is 22.3 Å². The fraction of sp³-hybridized carbons (Fsp3) is 0.571. The normalized spacial score (nSPS) is 19.0. The molecule has 2 aliphatic heterocycles. The van der Waals surface area contributed by atoms with E-state index in [1.807, 2.05) is 18.4 Å². The highest BCUT2D eigenvalue weighted by Crippen LogP contribution is 2.50. The Bertz CT molecular complexity index is 1730. The largest absolute Gasteiger partial charge is 0.493 e. The molecule has 274 valence electrons. The number of aryl methyl sites for hydroxylation is 1. The monoisotopic (exact) mass is 731 g/mol. The summed E-state index contributed by atoms with van der Waals surface area (Å²) in [5, 5.41) is 6.29. The molecule has 15 heteroatoms. The highest BCUT2D eigenvalue weighted by Gasteiger charge is 2.35. The maximum atomic E-state index is 14.1. The van der Waals surface area contributed by atoms with Gasteiger partial charge in [0.25, 0.3) is 10.2 Å². The topological polar surface area (TPSA) is 147 Å². The van der Waals surface area contributed by atoms with Crippen LogP contribution in [0.15, 0.2) is 29.1 Å². The van der Waals surface area contributed by atoms with Crippen LogP contribution in [-0.4, -0.2) is 112 Å². The van der Waals surface area contributed by atoms with Crippen molar-refractivity contribution >= 4 is 39.5 Å². The molecular formula is C35H49N5O8S2. The number of ether oxygens (including phenoxy) is 3. The fourth-order valence-corrected chi connectivity index (χ4v) is 9.34. The summed E-state index contributed by atoms with van der Waals surface area (Å²) in [5.41, 5.74) is 2.89. The lowest BCUT2D eigenvalue weighted by atomic mass is 9.95. The minimum atomic E-state index is -3.57. The highest BCUT2D eigenvalue weighted by molar-refractivity contribution is 7.98. The number of hydrogen-bond donors (Lipinski definition) is 2. The molecule has 2 aromatic carbocycles. The van der Waals surface area contributed by atoms with Crippen LogP contribution >= 0.6 is 11.8 Å². The number of fused-ring (bicyclic) bond motifs is 3. The Morgan fingerprint density at radius 1 is 0.940 bits per heavy atom. The summed E-state index contributed by atoms with van der Waals surface area (Å²) >= 11 is 1.60. The molecule has 50 heavy (non-hydrogen) atoms. The van der Waals surface area contributed by atoms with Crippen molar-refractivity contribution in [1.82, 2.24) is 18.8 Å². The summed E-state index contributed by atoms with van der Waals surface area (Å²) in [4.78, 5) is 42.2. The van der Waals surface area contributed by atoms with Crippen LogP contribution in [0.3, 0.4) is 0 Å². The van der Waals surface area contributed by atoms with Crippen LogP contribution in [0.4, 0.5) is 5.69 Å². The molecule has 2 N–H and O–H groups in total. The Hall–Kier alpha value is -3.53. The van der Waals surface area contributed by atoms with E-state index in [-0.39, 0.29) is 36.0 Å². The molecule has 2 atom stereocenters. The first-order chi connectivity index (χ1) is 24.0. The third-order valence-corrected chi connectivity index (χ3v) is 12.3. The van der Waals surface area contributed by atoms with E-state index in [0.717, 1.165) is 24.0 Å². The van der Waals surface area contributed by atoms with Crippen molar-refractivity contribution in [3.8, 4) is 28.4 Å². The summed E-state index contributed by atoms with van der Waals surface area (Å²) in [6.07, 6.45) is 5.77. The van der Waals surface area contributed by atoms with Crippen molar-refractivity contribution < 1.29 is 32.2 Å². The van der Waals surface area contributed by atoms with Gasteiger partial charge in [0.05, 0.1) is 33.1 Å². The lowest BCUT2D eigenvalue weighted by Crippen LogP contribution is -2.47. The van der Waals surface area contributed by atoms with Crippen molar-refractivity contribution in [3.05, 3.63) is 45.6 Å². The van der Waals surface area contributed by atoms with E-state index in [1.54, 1.807) is 36.9 Å². The third-order valence-electron chi connectivity index (χ3n) is 9.64. The first-order valence-corrected chi connectivity index (χ1v) is 19.9. The van der Waals surface area contributed by atoms with Gasteiger partial charge in [-0.1, -0.05) is 6.07 Å². The molecule has 13 nitrogen and oxygen atoms in total. The van der Waals surface area contributed by atoms with Gasteiger partial charge in [-0.15, -0.1) is 0 Å². The Balaban J connectivity index is 1.49. The van der Waals surface area contributed by atoms with Gasteiger partial charge < -0.3 is 29.7 Å². The fourth-order valence-electron chi connectivity index (χ4n) is 7.16. The average Bonchev–Trinajstić information content (AvgIpc) is 3.41. The Morgan fingerprint density at radius 2 is 1.64 bits per heavy atom. The third kappa shape index (κ3) is 8.00. The van der Waals surface area contributed by atoms with Gasteiger partial charge in [-0.25, -0.2) is 0 Å². The first kappa shape index (κ1) is 37.7. The summed E-state index contributed by atoms with van der Waals surface area (Å²) in [6, 6.07) is 5.77. The maximum Gasteiger partial charge on any atom is 0.282 e. The number of rotatable bonds is 12. The van der Waals surface area contributed by atoms with Crippen LogP contribution in [0.1, 0.15) is 56.2 Å². The highest BCUT2D eigenvalue weighted by atomic mass is 32.2. The lowest BCUT2D eigenvalue weighted by Gasteiger charge is -2.28. The van der Waals surface area contributed by atoms with Gasteiger partial charge in [0.1, 0.15) is 6.04 Å². The number of thioether (sulfide) groups is 1. The molecule has 0 aromatic heterocycles. The zero-order valence-corrected chi connectivity index (χ0v) is 31.2. The minimum Gasteiger partial charge on any atom is -0.493 e. The molecular weight excluding hydrogens is 683 g/mol. The second-order valence-corrected chi connectivity index (χ2v) is 15.7. The van der Waals surface area contributed by atoms with Crippen LogP contribution < -0.4 is 30.3 Å². The molecule has 0 spiro atoms. The lowest BCUT2D eigenvalue weighted by molar-refractivity contribution is -0.132. The zero-order valence-electron chi connectivity index (χ0n) is 29.6. The van der Waals surface area contributed by atoms with Gasteiger partial charge >= 0.3 is 0 Å². The molecule has 3 aliphatic rings. The van der Waals surface area contributed by atoms with Crippen LogP contribution in [0.5, 0.6) is 17.2 Å². The van der Waals surface area contributed by atoms with Crippen LogP contribution in [-0.2, 0) is 26.2 Å². The van der Waals surface area contributed by atoms with Crippen molar-refractivity contribution in [2.75, 3.05) is 77.9 Å². The van der Waals surface area contributed by atoms with Crippen molar-refractivity contribution in [2.24, 2.45) is 0 Å². The van der Waals surface area contributed by atoms with Gasteiger partial charge in [0.15, 0.2) is 11.5 Å². The molecule has 2 aromatic rings. The molecule has 0 bridgehead atoms. The SMILES string of the molecule is COc1cc2c(c(OC)c1OC)-c1ccc(N[C@@H](CCSC)C(=O)N3CCCN(S(=O)(=O)N4CCCC4)CC3)c(=O)cc1[C@@H](NC(C)=O)CC2. The quantitative estimate of drug-likeness (QED) is 0.334. The molecule has 2 amide bonds. The molecule has 2 fully saturated rings. The molecule has 0 unspecified atom stereocenters. The van der Waals surface area contributed by atoms with E-state index in [4.69, 9.17) is 14.2 Å². The zero-order chi connectivity index (χ0) is 36.0. The van der Waals surface area contributed by atoms with Gasteiger partial charge in [0.2, 0.25) is 23.0 Å². The molecule has 0 saturated carbocycles. The predicted molar refractivity (Wildman–Crippen MR) is 196 cm³/mol. The number of methoxy groups -OCH3 is 3. The second kappa shape index (κ2) is 16.7. The predicted octanol–water partition coefficient (Wildman–Crippen LogP) is 3.27. The van der Waals surface area contributed by atoms with Crippen molar-refractivity contribution in [2.45, 2.75) is 57.5 Å².